The molecular weight excluding hydrogens is 307 g/mol. The number of halogens is 4. The molecule has 0 saturated heterocycles. The summed E-state index contributed by atoms with van der Waals surface area (Å²) in [6.07, 6.45) is 0. The molecule has 0 saturated carbocycles. The first-order valence-corrected chi connectivity index (χ1v) is 7.54. The lowest BCUT2D eigenvalue weighted by molar-refractivity contribution is -0.867. The lowest BCUT2D eigenvalue weighted by Crippen LogP contribution is -3.10. The molecule has 0 radical (unpaired) electrons. The highest BCUT2D eigenvalue weighted by molar-refractivity contribution is 6.50. The van der Waals surface area contributed by atoms with Gasteiger partial charge in [-0.3, -0.25) is 0 Å². The van der Waals surface area contributed by atoms with E-state index in [4.69, 9.17) is 0 Å². The number of aromatic nitrogens is 1. The molecule has 2 heterocycles. The standard InChI is InChI=1S/C16H24N2.BF4/c1-9-10(2)14(6)17(13(9)5)18-15(7)11(3)12(4)16(18)8;2-1(3,4)5/h1-8H3;/q;-1/p+1. The van der Waals surface area contributed by atoms with Gasteiger partial charge in [0.1, 0.15) is 11.4 Å². The van der Waals surface area contributed by atoms with Crippen LogP contribution in [0, 0.1) is 27.7 Å². The summed E-state index contributed by atoms with van der Waals surface area (Å²) < 4.78 is 41.4. The zero-order chi connectivity index (χ0) is 18.3. The van der Waals surface area contributed by atoms with Crippen molar-refractivity contribution in [1.82, 2.24) is 4.68 Å². The first-order chi connectivity index (χ1) is 10.3. The number of nitrogens with one attached hydrogen (secondary N) is 1. The van der Waals surface area contributed by atoms with Crippen LogP contribution in [0.15, 0.2) is 22.5 Å². The molecule has 0 aromatic carbocycles. The van der Waals surface area contributed by atoms with Crippen LogP contribution in [0.3, 0.4) is 0 Å². The van der Waals surface area contributed by atoms with Gasteiger partial charge in [-0.05, 0) is 52.7 Å². The number of rotatable bonds is 1. The Kier molecular flexibility index (Phi) is 5.57. The van der Waals surface area contributed by atoms with Gasteiger partial charge in [0.25, 0.3) is 0 Å². The van der Waals surface area contributed by atoms with Crippen molar-refractivity contribution in [3.05, 3.63) is 45.1 Å². The number of hydrogen-bond acceptors (Lipinski definition) is 0. The minimum Gasteiger partial charge on any atom is -0.418 e. The molecule has 1 aliphatic rings. The summed E-state index contributed by atoms with van der Waals surface area (Å²) in [7, 11) is -6.00. The molecule has 0 bridgehead atoms. The van der Waals surface area contributed by atoms with Crippen LogP contribution in [-0.4, -0.2) is 11.9 Å². The summed E-state index contributed by atoms with van der Waals surface area (Å²) in [4.78, 5) is 0. The highest BCUT2D eigenvalue weighted by Gasteiger charge is 2.31. The van der Waals surface area contributed by atoms with Gasteiger partial charge in [0.2, 0.25) is 0 Å². The summed E-state index contributed by atoms with van der Waals surface area (Å²) in [6.45, 7) is 17.9. The second kappa shape index (κ2) is 6.55. The Morgan fingerprint density at radius 3 is 1.17 bits per heavy atom. The minimum atomic E-state index is -6.00. The largest absolute Gasteiger partial charge is 0.673 e. The van der Waals surface area contributed by atoms with E-state index in [0.29, 0.717) is 0 Å². The molecule has 0 amide bonds. The van der Waals surface area contributed by atoms with E-state index in [-0.39, 0.29) is 0 Å². The molecule has 0 unspecified atom stereocenters. The van der Waals surface area contributed by atoms with Gasteiger partial charge >= 0.3 is 7.25 Å². The van der Waals surface area contributed by atoms with E-state index in [1.165, 1.54) is 50.1 Å². The van der Waals surface area contributed by atoms with Crippen LogP contribution in [0.5, 0.6) is 0 Å². The van der Waals surface area contributed by atoms with Crippen LogP contribution in [0.25, 0.3) is 0 Å². The SMILES string of the molecule is CC1=C(C)[NH+](n2c(C)c(C)c(C)c2C)C(C)=C1C.F[B-](F)(F)F. The first-order valence-electron chi connectivity index (χ1n) is 7.54. The maximum Gasteiger partial charge on any atom is 0.673 e. The molecule has 2 nitrogen and oxygen atoms in total. The third kappa shape index (κ3) is 3.89. The van der Waals surface area contributed by atoms with E-state index in [1.54, 1.807) is 0 Å². The van der Waals surface area contributed by atoms with Crippen molar-refractivity contribution < 1.29 is 22.3 Å². The third-order valence-corrected chi connectivity index (χ3v) is 4.94. The van der Waals surface area contributed by atoms with Gasteiger partial charge in [0.05, 0.1) is 11.4 Å². The van der Waals surface area contributed by atoms with Crippen LogP contribution in [0.2, 0.25) is 0 Å². The molecule has 23 heavy (non-hydrogen) atoms. The van der Waals surface area contributed by atoms with Crippen LogP contribution in [-0.2, 0) is 0 Å². The maximum atomic E-state index is 9.75. The van der Waals surface area contributed by atoms with Gasteiger partial charge in [0.15, 0.2) is 0 Å². The lowest BCUT2D eigenvalue weighted by atomic mass is 10.1. The van der Waals surface area contributed by atoms with Crippen molar-refractivity contribution in [3.63, 3.8) is 0 Å². The summed E-state index contributed by atoms with van der Waals surface area (Å²) in [5.74, 6) is 0. The molecule has 1 aromatic heterocycles. The Morgan fingerprint density at radius 1 is 0.652 bits per heavy atom. The second-order valence-corrected chi connectivity index (χ2v) is 6.10. The molecule has 0 fully saturated rings. The fourth-order valence-electron chi connectivity index (χ4n) is 3.00. The van der Waals surface area contributed by atoms with Crippen molar-refractivity contribution in [2.45, 2.75) is 55.4 Å². The normalized spacial score (nSPS) is 16.2. The van der Waals surface area contributed by atoms with Gasteiger partial charge in [-0.1, -0.05) is 0 Å². The van der Waals surface area contributed by atoms with Crippen molar-refractivity contribution >= 4 is 7.25 Å². The number of nitrogens with zero attached hydrogens (tertiary/aromatic N) is 1. The molecule has 0 aliphatic carbocycles. The maximum absolute atomic E-state index is 9.75. The Balaban J connectivity index is 0.000000463. The highest BCUT2D eigenvalue weighted by Crippen LogP contribution is 2.22. The predicted octanol–water partition coefficient (Wildman–Crippen LogP) is 4.27. The average molecular weight is 332 g/mol. The van der Waals surface area contributed by atoms with Crippen molar-refractivity contribution in [1.29, 1.82) is 0 Å². The second-order valence-electron chi connectivity index (χ2n) is 6.10. The van der Waals surface area contributed by atoms with Crippen molar-refractivity contribution in [2.75, 3.05) is 0 Å². The Labute approximate surface area is 135 Å². The fraction of sp³-hybridized carbons (Fsp3) is 0.500. The number of hydrogen-bond donors (Lipinski definition) is 1. The molecule has 7 heteroatoms. The molecule has 1 N–H and O–H groups in total. The van der Waals surface area contributed by atoms with E-state index >= 15 is 0 Å². The van der Waals surface area contributed by atoms with Gasteiger partial charge in [-0.15, -0.1) is 0 Å². The topological polar surface area (TPSA) is 9.37 Å². The molecule has 0 atom stereocenters. The molecule has 130 valence electrons. The van der Waals surface area contributed by atoms with E-state index in [0.717, 1.165) is 0 Å². The molecule has 1 aliphatic heterocycles. The summed E-state index contributed by atoms with van der Waals surface area (Å²) >= 11 is 0. The monoisotopic (exact) mass is 332 g/mol. The first kappa shape index (κ1) is 19.6. The number of quaternary nitrogens is 1. The smallest absolute Gasteiger partial charge is 0.418 e. The van der Waals surface area contributed by atoms with E-state index in [2.05, 4.69) is 60.1 Å². The van der Waals surface area contributed by atoms with Crippen molar-refractivity contribution in [3.8, 4) is 0 Å². The Morgan fingerprint density at radius 2 is 0.913 bits per heavy atom. The summed E-state index contributed by atoms with van der Waals surface area (Å²) in [6, 6.07) is 0. The Hall–Kier alpha value is -1.50. The minimum absolute atomic E-state index is 1.38. The van der Waals surface area contributed by atoms with Gasteiger partial charge < -0.3 is 17.3 Å². The summed E-state index contributed by atoms with van der Waals surface area (Å²) in [5, 5.41) is 1.40. The number of allylic oxidation sites excluding steroid dienone is 4. The predicted molar refractivity (Wildman–Crippen MR) is 86.7 cm³/mol. The van der Waals surface area contributed by atoms with E-state index < -0.39 is 7.25 Å². The zero-order valence-electron chi connectivity index (χ0n) is 15.0. The molecule has 0 spiro atoms. The quantitative estimate of drug-likeness (QED) is 0.581. The average Bonchev–Trinajstić information content (AvgIpc) is 2.71. The molecular formula is C16H25BF4N2. The van der Waals surface area contributed by atoms with Gasteiger partial charge in [-0.2, -0.15) is 9.69 Å². The van der Waals surface area contributed by atoms with Crippen LogP contribution >= 0.6 is 0 Å². The third-order valence-electron chi connectivity index (χ3n) is 4.94. The van der Waals surface area contributed by atoms with Gasteiger partial charge in [-0.25, -0.2) is 0 Å². The Bertz CT molecular complexity index is 626. The van der Waals surface area contributed by atoms with Crippen LogP contribution in [0.1, 0.15) is 50.2 Å². The molecule has 1 aromatic rings. The van der Waals surface area contributed by atoms with Crippen molar-refractivity contribution in [2.24, 2.45) is 0 Å². The van der Waals surface area contributed by atoms with E-state index in [9.17, 15) is 17.3 Å². The highest BCUT2D eigenvalue weighted by atomic mass is 19.5. The lowest BCUT2D eigenvalue weighted by Gasteiger charge is -2.20. The molecule has 2 rings (SSSR count). The zero-order valence-corrected chi connectivity index (χ0v) is 15.0. The van der Waals surface area contributed by atoms with E-state index in [1.807, 2.05) is 0 Å². The van der Waals surface area contributed by atoms with Gasteiger partial charge in [0, 0.05) is 25.0 Å². The van der Waals surface area contributed by atoms with Crippen LogP contribution in [0.4, 0.5) is 17.3 Å². The summed E-state index contributed by atoms with van der Waals surface area (Å²) in [5.41, 5.74) is 11.3. The van der Waals surface area contributed by atoms with Crippen LogP contribution < -0.4 is 5.01 Å². The fourth-order valence-corrected chi connectivity index (χ4v) is 3.00.